The van der Waals surface area contributed by atoms with Crippen LogP contribution in [0, 0.1) is 6.92 Å². The van der Waals surface area contributed by atoms with Crippen molar-refractivity contribution in [3.63, 3.8) is 0 Å². The van der Waals surface area contributed by atoms with Crippen LogP contribution in [0.15, 0.2) is 24.3 Å². The van der Waals surface area contributed by atoms with Crippen LogP contribution < -0.4 is 5.32 Å². The van der Waals surface area contributed by atoms with E-state index in [1.165, 1.54) is 5.56 Å². The van der Waals surface area contributed by atoms with Gasteiger partial charge in [0.25, 0.3) is 5.91 Å². The maximum absolute atomic E-state index is 12.2. The second-order valence-electron chi connectivity index (χ2n) is 5.00. The van der Waals surface area contributed by atoms with E-state index < -0.39 is 0 Å². The van der Waals surface area contributed by atoms with Crippen LogP contribution in [0.1, 0.15) is 32.9 Å². The fourth-order valence-corrected chi connectivity index (χ4v) is 2.27. The highest BCUT2D eigenvalue weighted by atomic mass is 16.5. The maximum atomic E-state index is 12.2. The number of nitrogens with zero attached hydrogens (tertiary/aromatic N) is 1. The predicted octanol–water partition coefficient (Wildman–Crippen LogP) is 1.72. The van der Waals surface area contributed by atoms with Crippen LogP contribution in [0.4, 0.5) is 0 Å². The largest absolute Gasteiger partial charge is 0.376 e. The van der Waals surface area contributed by atoms with Gasteiger partial charge in [0.2, 0.25) is 0 Å². The summed E-state index contributed by atoms with van der Waals surface area (Å²) in [5, 5.41) is 9.92. The average Bonchev–Trinajstić information content (AvgIpc) is 2.90. The molecule has 3 rings (SSSR count). The van der Waals surface area contributed by atoms with Gasteiger partial charge in [-0.2, -0.15) is 5.10 Å². The Bertz CT molecular complexity index is 617. The van der Waals surface area contributed by atoms with Crippen molar-refractivity contribution in [3.05, 3.63) is 52.3 Å². The van der Waals surface area contributed by atoms with Gasteiger partial charge in [0.05, 0.1) is 13.2 Å². The Hall–Kier alpha value is -2.14. The predicted molar refractivity (Wildman–Crippen MR) is 74.3 cm³/mol. The molecule has 0 bridgehead atoms. The Balaban J connectivity index is 1.67. The molecule has 2 N–H and O–H groups in total. The first kappa shape index (κ1) is 12.9. The molecule has 20 heavy (non-hydrogen) atoms. The summed E-state index contributed by atoms with van der Waals surface area (Å²) >= 11 is 0. The lowest BCUT2D eigenvalue weighted by atomic mass is 10.1. The van der Waals surface area contributed by atoms with Crippen molar-refractivity contribution in [2.75, 3.05) is 6.61 Å². The molecule has 0 aliphatic carbocycles. The van der Waals surface area contributed by atoms with E-state index in [-0.39, 0.29) is 5.91 Å². The smallest absolute Gasteiger partial charge is 0.272 e. The van der Waals surface area contributed by atoms with Gasteiger partial charge in [0.15, 0.2) is 5.69 Å². The Morgan fingerprint density at radius 3 is 3.00 bits per heavy atom. The van der Waals surface area contributed by atoms with Gasteiger partial charge in [-0.1, -0.05) is 29.8 Å². The van der Waals surface area contributed by atoms with Gasteiger partial charge in [-0.3, -0.25) is 9.89 Å². The van der Waals surface area contributed by atoms with Gasteiger partial charge < -0.3 is 10.1 Å². The highest BCUT2D eigenvalue weighted by Crippen LogP contribution is 2.18. The van der Waals surface area contributed by atoms with Crippen LogP contribution in [0.25, 0.3) is 0 Å². The number of rotatable bonds is 3. The number of fused-ring (bicyclic) bond motifs is 1. The summed E-state index contributed by atoms with van der Waals surface area (Å²) < 4.78 is 5.38. The van der Waals surface area contributed by atoms with Crippen molar-refractivity contribution >= 4 is 5.91 Å². The van der Waals surface area contributed by atoms with E-state index in [0.29, 0.717) is 25.5 Å². The number of aromatic amines is 1. The number of hydrogen-bond donors (Lipinski definition) is 2. The molecule has 1 aromatic carbocycles. The molecule has 0 unspecified atom stereocenters. The molecule has 0 saturated carbocycles. The number of aryl methyl sites for hydroxylation is 1. The fraction of sp³-hybridized carbons (Fsp3) is 0.333. The van der Waals surface area contributed by atoms with Gasteiger partial charge in [-0.25, -0.2) is 0 Å². The zero-order chi connectivity index (χ0) is 13.9. The Kier molecular flexibility index (Phi) is 3.52. The summed E-state index contributed by atoms with van der Waals surface area (Å²) in [6.45, 7) is 3.68. The lowest BCUT2D eigenvalue weighted by Crippen LogP contribution is -2.25. The van der Waals surface area contributed by atoms with Gasteiger partial charge in [0.1, 0.15) is 0 Å². The number of benzene rings is 1. The van der Waals surface area contributed by atoms with E-state index in [1.807, 2.05) is 31.2 Å². The second kappa shape index (κ2) is 5.46. The highest BCUT2D eigenvalue weighted by molar-refractivity contribution is 5.93. The fourth-order valence-electron chi connectivity index (χ4n) is 2.27. The first-order chi connectivity index (χ1) is 9.74. The van der Waals surface area contributed by atoms with Crippen LogP contribution in [0.5, 0.6) is 0 Å². The summed E-state index contributed by atoms with van der Waals surface area (Å²) in [7, 11) is 0. The van der Waals surface area contributed by atoms with Crippen molar-refractivity contribution in [1.82, 2.24) is 15.5 Å². The topological polar surface area (TPSA) is 67.0 Å². The zero-order valence-electron chi connectivity index (χ0n) is 11.4. The van der Waals surface area contributed by atoms with Crippen LogP contribution in [0.2, 0.25) is 0 Å². The summed E-state index contributed by atoms with van der Waals surface area (Å²) in [6.07, 6.45) is 0.785. The Labute approximate surface area is 117 Å². The third-order valence-electron chi connectivity index (χ3n) is 3.48. The molecule has 2 heterocycles. The zero-order valence-corrected chi connectivity index (χ0v) is 11.4. The average molecular weight is 271 g/mol. The van der Waals surface area contributed by atoms with Crippen LogP contribution in [0.3, 0.4) is 0 Å². The van der Waals surface area contributed by atoms with Gasteiger partial charge in [-0.05, 0) is 12.5 Å². The van der Waals surface area contributed by atoms with E-state index in [0.717, 1.165) is 23.2 Å². The molecule has 2 aromatic rings. The quantitative estimate of drug-likeness (QED) is 0.893. The van der Waals surface area contributed by atoms with E-state index in [9.17, 15) is 4.79 Å². The maximum Gasteiger partial charge on any atom is 0.272 e. The second-order valence-corrected chi connectivity index (χ2v) is 5.00. The number of H-pyrrole nitrogens is 1. The monoisotopic (exact) mass is 271 g/mol. The number of amides is 1. The molecular formula is C15H17N3O2. The van der Waals surface area contributed by atoms with E-state index >= 15 is 0 Å². The minimum absolute atomic E-state index is 0.159. The third kappa shape index (κ3) is 2.58. The van der Waals surface area contributed by atoms with Crippen molar-refractivity contribution < 1.29 is 9.53 Å². The SMILES string of the molecule is Cc1ccc(CNC(=O)c2n[nH]c3c2COCC3)cc1. The van der Waals surface area contributed by atoms with E-state index in [2.05, 4.69) is 15.5 Å². The minimum Gasteiger partial charge on any atom is -0.376 e. The number of nitrogens with one attached hydrogen (secondary N) is 2. The van der Waals surface area contributed by atoms with Gasteiger partial charge in [0, 0.05) is 24.2 Å². The summed E-state index contributed by atoms with van der Waals surface area (Å²) in [6, 6.07) is 8.09. The molecule has 0 radical (unpaired) electrons. The van der Waals surface area contributed by atoms with Crippen LogP contribution in [-0.4, -0.2) is 22.7 Å². The summed E-state index contributed by atoms with van der Waals surface area (Å²) in [4.78, 5) is 12.2. The molecule has 104 valence electrons. The van der Waals surface area contributed by atoms with Crippen molar-refractivity contribution in [2.24, 2.45) is 0 Å². The molecule has 1 aliphatic rings. The molecule has 5 heteroatoms. The summed E-state index contributed by atoms with van der Waals surface area (Å²) in [5.74, 6) is -0.159. The molecule has 0 saturated heterocycles. The van der Waals surface area contributed by atoms with Crippen LogP contribution >= 0.6 is 0 Å². The third-order valence-corrected chi connectivity index (χ3v) is 3.48. The molecule has 0 atom stereocenters. The first-order valence-corrected chi connectivity index (χ1v) is 6.71. The molecular weight excluding hydrogens is 254 g/mol. The number of hydrogen-bond acceptors (Lipinski definition) is 3. The van der Waals surface area contributed by atoms with Crippen molar-refractivity contribution in [2.45, 2.75) is 26.5 Å². The number of carbonyl (C=O) groups excluding carboxylic acids is 1. The van der Waals surface area contributed by atoms with Crippen LogP contribution in [-0.2, 0) is 24.3 Å². The summed E-state index contributed by atoms with van der Waals surface area (Å²) in [5.41, 5.74) is 4.63. The molecule has 1 amide bonds. The van der Waals surface area contributed by atoms with E-state index in [1.54, 1.807) is 0 Å². The Morgan fingerprint density at radius 2 is 2.20 bits per heavy atom. The number of aromatic nitrogens is 2. The Morgan fingerprint density at radius 1 is 1.40 bits per heavy atom. The first-order valence-electron chi connectivity index (χ1n) is 6.71. The molecule has 0 spiro atoms. The van der Waals surface area contributed by atoms with Gasteiger partial charge in [-0.15, -0.1) is 0 Å². The van der Waals surface area contributed by atoms with Crippen molar-refractivity contribution in [3.8, 4) is 0 Å². The normalized spacial score (nSPS) is 13.8. The number of ether oxygens (including phenoxy) is 1. The molecule has 1 aliphatic heterocycles. The number of carbonyl (C=O) groups is 1. The lowest BCUT2D eigenvalue weighted by Gasteiger charge is -2.12. The van der Waals surface area contributed by atoms with Gasteiger partial charge >= 0.3 is 0 Å². The molecule has 5 nitrogen and oxygen atoms in total. The van der Waals surface area contributed by atoms with Crippen molar-refractivity contribution in [1.29, 1.82) is 0 Å². The minimum atomic E-state index is -0.159. The highest BCUT2D eigenvalue weighted by Gasteiger charge is 2.21. The molecule has 0 fully saturated rings. The van der Waals surface area contributed by atoms with E-state index in [4.69, 9.17) is 4.74 Å². The molecule has 1 aromatic heterocycles. The standard InChI is InChI=1S/C15H17N3O2/c1-10-2-4-11(5-3-10)8-16-15(19)14-12-9-20-7-6-13(12)17-18-14/h2-5H,6-9H2,1H3,(H,16,19)(H,17,18). The lowest BCUT2D eigenvalue weighted by molar-refractivity contribution is 0.0922.